The van der Waals surface area contributed by atoms with E-state index < -0.39 is 24.0 Å². The van der Waals surface area contributed by atoms with Gasteiger partial charge in [0.2, 0.25) is 0 Å². The molecule has 0 saturated carbocycles. The number of rotatable bonds is 5. The molecule has 0 amide bonds. The van der Waals surface area contributed by atoms with E-state index in [4.69, 9.17) is 41.3 Å². The van der Waals surface area contributed by atoms with E-state index in [-0.39, 0.29) is 4.84 Å². The van der Waals surface area contributed by atoms with Crippen molar-refractivity contribution in [2.45, 2.75) is 31.0 Å². The fourth-order valence-corrected chi connectivity index (χ4v) is 4.41. The molecule has 0 bridgehead atoms. The summed E-state index contributed by atoms with van der Waals surface area (Å²) in [6.45, 7) is 1.73. The molecule has 3 N–H and O–H groups in total. The zero-order valence-electron chi connectivity index (χ0n) is 17.1. The Morgan fingerprint density at radius 2 is 1.90 bits per heavy atom. The Morgan fingerprint density at radius 1 is 1.17 bits per heavy atom. The standard InChI is InChI=1S/C21H24N2O6S/c1-21(19(26-3)27-4)18(24)17(13-9-11(22)5-7-15(13)29-21)23-14-10-12(25-2)6-8-16(14)28-20(23)30/h5-10,17-19,24H,22H2,1-4H3/t17-,18+,21+/m0/s1. The summed E-state index contributed by atoms with van der Waals surface area (Å²) in [5.41, 5.74) is 7.26. The van der Waals surface area contributed by atoms with E-state index in [0.29, 0.717) is 33.8 Å². The van der Waals surface area contributed by atoms with Gasteiger partial charge in [0.25, 0.3) is 4.84 Å². The van der Waals surface area contributed by atoms with Crippen LogP contribution in [0.15, 0.2) is 40.8 Å². The van der Waals surface area contributed by atoms with Crippen LogP contribution in [0.1, 0.15) is 18.5 Å². The maximum absolute atomic E-state index is 11.6. The molecule has 1 aliphatic rings. The molecule has 0 radical (unpaired) electrons. The third-order valence-corrected chi connectivity index (χ3v) is 5.84. The van der Waals surface area contributed by atoms with Crippen LogP contribution in [0, 0.1) is 4.84 Å². The van der Waals surface area contributed by atoms with Crippen LogP contribution in [0.3, 0.4) is 0 Å². The van der Waals surface area contributed by atoms with Crippen LogP contribution in [0.25, 0.3) is 11.1 Å². The lowest BCUT2D eigenvalue weighted by Gasteiger charge is -2.46. The van der Waals surface area contributed by atoms with Gasteiger partial charge in [0, 0.05) is 31.5 Å². The van der Waals surface area contributed by atoms with Gasteiger partial charge in [-0.3, -0.25) is 4.57 Å². The maximum Gasteiger partial charge on any atom is 0.270 e. The molecule has 30 heavy (non-hydrogen) atoms. The molecule has 0 unspecified atom stereocenters. The van der Waals surface area contributed by atoms with Crippen molar-refractivity contribution in [3.63, 3.8) is 0 Å². The van der Waals surface area contributed by atoms with E-state index in [1.54, 1.807) is 48.9 Å². The SMILES string of the molecule is COc1ccc2oc(=S)n([C@H]3c4cc(N)ccc4O[C@@](C)(C(OC)OC)[C@@H]3O)c2c1. The summed E-state index contributed by atoms with van der Waals surface area (Å²) in [7, 11) is 4.57. The molecule has 3 atom stereocenters. The molecule has 2 aromatic carbocycles. The summed E-state index contributed by atoms with van der Waals surface area (Å²) in [5, 5.41) is 11.6. The summed E-state index contributed by atoms with van der Waals surface area (Å²) in [4.78, 5) is 0.200. The van der Waals surface area contributed by atoms with Gasteiger partial charge in [-0.15, -0.1) is 0 Å². The number of nitrogens with two attached hydrogens (primary N) is 1. The van der Waals surface area contributed by atoms with Gasteiger partial charge in [-0.1, -0.05) is 0 Å². The maximum atomic E-state index is 11.6. The van der Waals surface area contributed by atoms with Crippen LogP contribution < -0.4 is 15.2 Å². The monoisotopic (exact) mass is 432 g/mol. The first-order valence-electron chi connectivity index (χ1n) is 9.35. The van der Waals surface area contributed by atoms with Crippen LogP contribution in [0.5, 0.6) is 11.5 Å². The predicted molar refractivity (Wildman–Crippen MR) is 113 cm³/mol. The molecule has 4 rings (SSSR count). The highest BCUT2D eigenvalue weighted by Crippen LogP contribution is 2.46. The second-order valence-electron chi connectivity index (χ2n) is 7.35. The largest absolute Gasteiger partial charge is 0.497 e. The number of fused-ring (bicyclic) bond motifs is 2. The first kappa shape index (κ1) is 20.7. The second kappa shape index (κ2) is 7.59. The van der Waals surface area contributed by atoms with Crippen molar-refractivity contribution < 1.29 is 28.5 Å². The van der Waals surface area contributed by atoms with Gasteiger partial charge in [0.1, 0.15) is 17.6 Å². The van der Waals surface area contributed by atoms with E-state index in [1.807, 2.05) is 6.07 Å². The van der Waals surface area contributed by atoms with Gasteiger partial charge in [-0.2, -0.15) is 0 Å². The number of ether oxygens (including phenoxy) is 4. The van der Waals surface area contributed by atoms with Crippen molar-refractivity contribution in [1.82, 2.24) is 4.57 Å². The van der Waals surface area contributed by atoms with E-state index >= 15 is 0 Å². The molecule has 3 aromatic rings. The topological polar surface area (TPSA) is 101 Å². The van der Waals surface area contributed by atoms with Gasteiger partial charge < -0.3 is 34.2 Å². The van der Waals surface area contributed by atoms with Gasteiger partial charge in [0.15, 0.2) is 17.5 Å². The van der Waals surface area contributed by atoms with Crippen LogP contribution in [-0.4, -0.2) is 49.0 Å². The summed E-state index contributed by atoms with van der Waals surface area (Å²) < 4.78 is 30.0. The first-order chi connectivity index (χ1) is 14.3. The minimum absolute atomic E-state index is 0.200. The smallest absolute Gasteiger partial charge is 0.270 e. The number of nitrogens with zero attached hydrogens (tertiary/aromatic N) is 1. The average Bonchev–Trinajstić information content (AvgIpc) is 3.05. The molecular formula is C21H24N2O6S. The van der Waals surface area contributed by atoms with Crippen LogP contribution in [0.2, 0.25) is 0 Å². The Bertz CT molecular complexity index is 1140. The number of nitrogen functional groups attached to an aromatic ring is 1. The highest BCUT2D eigenvalue weighted by molar-refractivity contribution is 7.71. The molecule has 9 heteroatoms. The van der Waals surface area contributed by atoms with E-state index in [0.717, 1.165) is 0 Å². The van der Waals surface area contributed by atoms with Gasteiger partial charge in [-0.25, -0.2) is 0 Å². The van der Waals surface area contributed by atoms with Crippen LogP contribution in [-0.2, 0) is 9.47 Å². The number of anilines is 1. The molecule has 0 spiro atoms. The van der Waals surface area contributed by atoms with Crippen molar-refractivity contribution in [3.05, 3.63) is 46.8 Å². The first-order valence-corrected chi connectivity index (χ1v) is 9.76. The van der Waals surface area contributed by atoms with E-state index in [2.05, 4.69) is 0 Å². The third kappa shape index (κ3) is 3.05. The summed E-state index contributed by atoms with van der Waals surface area (Å²) >= 11 is 5.54. The number of hydrogen-bond acceptors (Lipinski definition) is 8. The Morgan fingerprint density at radius 3 is 2.57 bits per heavy atom. The van der Waals surface area contributed by atoms with Crippen molar-refractivity contribution in [2.24, 2.45) is 0 Å². The Balaban J connectivity index is 2.00. The highest BCUT2D eigenvalue weighted by atomic mass is 32.1. The Kier molecular flexibility index (Phi) is 5.23. The molecule has 2 heterocycles. The normalized spacial score (nSPS) is 23.4. The van der Waals surface area contributed by atoms with Crippen molar-refractivity contribution >= 4 is 29.0 Å². The average molecular weight is 432 g/mol. The lowest BCUT2D eigenvalue weighted by atomic mass is 9.84. The zero-order valence-corrected chi connectivity index (χ0v) is 17.9. The minimum Gasteiger partial charge on any atom is -0.497 e. The quantitative estimate of drug-likeness (QED) is 0.360. The Labute approximate surface area is 178 Å². The number of benzene rings is 2. The molecule has 0 aliphatic carbocycles. The van der Waals surface area contributed by atoms with Crippen LogP contribution >= 0.6 is 12.2 Å². The second-order valence-corrected chi connectivity index (χ2v) is 7.70. The molecular weight excluding hydrogens is 408 g/mol. The Hall–Kier alpha value is -2.59. The molecule has 1 aliphatic heterocycles. The summed E-state index contributed by atoms with van der Waals surface area (Å²) in [5.74, 6) is 1.18. The lowest BCUT2D eigenvalue weighted by Crippen LogP contribution is -2.60. The van der Waals surface area contributed by atoms with Crippen LogP contribution in [0.4, 0.5) is 5.69 Å². The predicted octanol–water partition coefficient (Wildman–Crippen LogP) is 3.27. The van der Waals surface area contributed by atoms with Gasteiger partial charge >= 0.3 is 0 Å². The van der Waals surface area contributed by atoms with E-state index in [9.17, 15) is 5.11 Å². The van der Waals surface area contributed by atoms with E-state index in [1.165, 1.54) is 14.2 Å². The number of oxazole rings is 1. The van der Waals surface area contributed by atoms with Gasteiger partial charge in [-0.05, 0) is 49.5 Å². The molecule has 8 nitrogen and oxygen atoms in total. The minimum atomic E-state index is -1.24. The highest BCUT2D eigenvalue weighted by Gasteiger charge is 2.53. The zero-order chi connectivity index (χ0) is 21.6. The number of hydrogen-bond donors (Lipinski definition) is 2. The number of aliphatic hydroxyl groups is 1. The van der Waals surface area contributed by atoms with Gasteiger partial charge in [0.05, 0.1) is 18.7 Å². The number of aliphatic hydroxyl groups excluding tert-OH is 1. The molecule has 0 fully saturated rings. The van der Waals surface area contributed by atoms with Crippen molar-refractivity contribution in [2.75, 3.05) is 27.1 Å². The molecule has 0 saturated heterocycles. The molecule has 1 aromatic heterocycles. The summed E-state index contributed by atoms with van der Waals surface area (Å²) in [6.07, 6.45) is -1.96. The molecule has 160 valence electrons. The lowest BCUT2D eigenvalue weighted by molar-refractivity contribution is -0.238. The fourth-order valence-electron chi connectivity index (χ4n) is 4.11. The van der Waals surface area contributed by atoms with Crippen molar-refractivity contribution in [3.8, 4) is 11.5 Å². The van der Waals surface area contributed by atoms with Crippen molar-refractivity contribution in [1.29, 1.82) is 0 Å². The fraction of sp³-hybridized carbons (Fsp3) is 0.381. The third-order valence-electron chi connectivity index (χ3n) is 5.56. The number of aromatic nitrogens is 1. The summed E-state index contributed by atoms with van der Waals surface area (Å²) in [6, 6.07) is 9.96. The number of methoxy groups -OCH3 is 3.